The van der Waals surface area contributed by atoms with Gasteiger partial charge in [0.05, 0.1) is 0 Å². The summed E-state index contributed by atoms with van der Waals surface area (Å²) in [7, 11) is 2.10. The van der Waals surface area contributed by atoms with Gasteiger partial charge in [0.1, 0.15) is 0 Å². The second kappa shape index (κ2) is 3.67. The predicted octanol–water partition coefficient (Wildman–Crippen LogP) is 2.55. The number of hydrogen-bond acceptors (Lipinski definition) is 1. The van der Waals surface area contributed by atoms with Gasteiger partial charge in [-0.1, -0.05) is 15.9 Å². The highest BCUT2D eigenvalue weighted by Crippen LogP contribution is 2.43. The highest BCUT2D eigenvalue weighted by atomic mass is 79.9. The van der Waals surface area contributed by atoms with Crippen molar-refractivity contribution in [1.29, 1.82) is 0 Å². The van der Waals surface area contributed by atoms with Gasteiger partial charge >= 0.3 is 0 Å². The Kier molecular flexibility index (Phi) is 2.75. The van der Waals surface area contributed by atoms with Gasteiger partial charge in [-0.05, 0) is 51.0 Å². The molecule has 2 heteroatoms. The van der Waals surface area contributed by atoms with Crippen molar-refractivity contribution in [2.75, 3.05) is 7.05 Å². The smallest absolute Gasteiger partial charge is 0.0148 e. The maximum Gasteiger partial charge on any atom is 0.0148 e. The zero-order valence-corrected chi connectivity index (χ0v) is 9.31. The fraction of sp³-hybridized carbons (Fsp3) is 1.00. The second-order valence-electron chi connectivity index (χ2n) is 4.39. The Labute approximate surface area is 83.4 Å². The molecule has 1 nitrogen and oxygen atoms in total. The number of halogens is 1. The zero-order chi connectivity index (χ0) is 8.55. The Balaban J connectivity index is 1.93. The zero-order valence-electron chi connectivity index (χ0n) is 7.72. The van der Waals surface area contributed by atoms with Crippen LogP contribution in [0.15, 0.2) is 0 Å². The van der Waals surface area contributed by atoms with Crippen LogP contribution in [0.25, 0.3) is 0 Å². The molecule has 70 valence electrons. The van der Waals surface area contributed by atoms with Gasteiger partial charge in [-0.3, -0.25) is 0 Å². The van der Waals surface area contributed by atoms with Crippen molar-refractivity contribution in [3.63, 3.8) is 0 Å². The van der Waals surface area contributed by atoms with E-state index in [-0.39, 0.29) is 0 Å². The molecular weight excluding hydrogens is 214 g/mol. The maximum absolute atomic E-state index is 3.75. The van der Waals surface area contributed by atoms with Gasteiger partial charge in [0, 0.05) is 10.9 Å². The van der Waals surface area contributed by atoms with E-state index in [9.17, 15) is 0 Å². The van der Waals surface area contributed by atoms with Crippen molar-refractivity contribution in [2.45, 2.75) is 43.0 Å². The number of nitrogens with one attached hydrogen (secondary N) is 1. The Morgan fingerprint density at radius 2 is 1.83 bits per heavy atom. The fourth-order valence-electron chi connectivity index (χ4n) is 2.93. The molecule has 0 heterocycles. The van der Waals surface area contributed by atoms with Crippen LogP contribution in [0.2, 0.25) is 0 Å². The van der Waals surface area contributed by atoms with E-state index < -0.39 is 0 Å². The first-order chi connectivity index (χ1) is 5.79. The Hall–Kier alpha value is 0.440. The molecule has 0 radical (unpaired) electrons. The standard InChI is InChI=1S/C10H18BrN/c1-12-10-5-7-2-3-9(11)4-8(7)6-10/h7-10,12H,2-6H2,1H3. The summed E-state index contributed by atoms with van der Waals surface area (Å²) in [4.78, 5) is 0.814. The molecule has 0 aliphatic heterocycles. The Morgan fingerprint density at radius 3 is 2.58 bits per heavy atom. The van der Waals surface area contributed by atoms with Gasteiger partial charge < -0.3 is 5.32 Å². The van der Waals surface area contributed by atoms with Crippen LogP contribution in [-0.4, -0.2) is 17.9 Å². The summed E-state index contributed by atoms with van der Waals surface area (Å²) in [6.07, 6.45) is 7.13. The predicted molar refractivity (Wildman–Crippen MR) is 55.6 cm³/mol. The number of fused-ring (bicyclic) bond motifs is 1. The van der Waals surface area contributed by atoms with Gasteiger partial charge in [-0.25, -0.2) is 0 Å². The van der Waals surface area contributed by atoms with Crippen LogP contribution in [0.3, 0.4) is 0 Å². The van der Waals surface area contributed by atoms with E-state index in [0.29, 0.717) is 0 Å². The quantitative estimate of drug-likeness (QED) is 0.685. The summed E-state index contributed by atoms with van der Waals surface area (Å²) in [5.74, 6) is 2.05. The van der Waals surface area contributed by atoms with Gasteiger partial charge in [-0.15, -0.1) is 0 Å². The van der Waals surface area contributed by atoms with E-state index in [0.717, 1.165) is 22.7 Å². The first kappa shape index (κ1) is 9.01. The lowest BCUT2D eigenvalue weighted by Gasteiger charge is -2.28. The van der Waals surface area contributed by atoms with Crippen LogP contribution >= 0.6 is 15.9 Å². The molecule has 12 heavy (non-hydrogen) atoms. The van der Waals surface area contributed by atoms with Crippen molar-refractivity contribution in [1.82, 2.24) is 5.32 Å². The van der Waals surface area contributed by atoms with Crippen molar-refractivity contribution < 1.29 is 0 Å². The lowest BCUT2D eigenvalue weighted by Crippen LogP contribution is -2.21. The third-order valence-corrected chi connectivity index (χ3v) is 4.49. The molecule has 0 bridgehead atoms. The van der Waals surface area contributed by atoms with Crippen LogP contribution in [0, 0.1) is 11.8 Å². The molecule has 0 amide bonds. The van der Waals surface area contributed by atoms with Crippen LogP contribution in [0.5, 0.6) is 0 Å². The number of rotatable bonds is 1. The molecule has 1 N–H and O–H groups in total. The summed E-state index contributed by atoms with van der Waals surface area (Å²) in [6.45, 7) is 0. The Bertz CT molecular complexity index is 160. The van der Waals surface area contributed by atoms with Crippen LogP contribution in [-0.2, 0) is 0 Å². The van der Waals surface area contributed by atoms with E-state index in [1.165, 1.54) is 32.1 Å². The highest BCUT2D eigenvalue weighted by molar-refractivity contribution is 9.09. The number of alkyl halides is 1. The Morgan fingerprint density at radius 1 is 1.08 bits per heavy atom. The van der Waals surface area contributed by atoms with E-state index >= 15 is 0 Å². The normalized spacial score (nSPS) is 47.5. The van der Waals surface area contributed by atoms with Crippen LogP contribution in [0.1, 0.15) is 32.1 Å². The minimum Gasteiger partial charge on any atom is -0.317 e. The monoisotopic (exact) mass is 231 g/mol. The summed E-state index contributed by atoms with van der Waals surface area (Å²) in [5, 5.41) is 3.42. The molecule has 4 unspecified atom stereocenters. The first-order valence-electron chi connectivity index (χ1n) is 5.11. The van der Waals surface area contributed by atoms with Crippen molar-refractivity contribution in [3.8, 4) is 0 Å². The minimum absolute atomic E-state index is 0.814. The van der Waals surface area contributed by atoms with Gasteiger partial charge in [0.2, 0.25) is 0 Å². The first-order valence-corrected chi connectivity index (χ1v) is 6.02. The molecule has 0 spiro atoms. The summed E-state index contributed by atoms with van der Waals surface area (Å²) in [5.41, 5.74) is 0. The molecule has 0 aromatic rings. The molecule has 0 aromatic carbocycles. The third kappa shape index (κ3) is 1.69. The molecule has 4 atom stereocenters. The van der Waals surface area contributed by atoms with Crippen molar-refractivity contribution in [3.05, 3.63) is 0 Å². The summed E-state index contributed by atoms with van der Waals surface area (Å²) < 4.78 is 0. The van der Waals surface area contributed by atoms with Gasteiger partial charge in [0.15, 0.2) is 0 Å². The lowest BCUT2D eigenvalue weighted by atomic mass is 9.82. The SMILES string of the molecule is CNC1CC2CCC(Br)CC2C1. The molecule has 0 aromatic heterocycles. The van der Waals surface area contributed by atoms with Crippen LogP contribution in [0.4, 0.5) is 0 Å². The van der Waals surface area contributed by atoms with E-state index in [2.05, 4.69) is 28.3 Å². The number of hydrogen-bond donors (Lipinski definition) is 1. The molecular formula is C10H18BrN. The van der Waals surface area contributed by atoms with Gasteiger partial charge in [0.25, 0.3) is 0 Å². The lowest BCUT2D eigenvalue weighted by molar-refractivity contribution is 0.286. The molecule has 2 aliphatic rings. The molecule has 2 rings (SSSR count). The van der Waals surface area contributed by atoms with Crippen molar-refractivity contribution >= 4 is 15.9 Å². The van der Waals surface area contributed by atoms with E-state index in [1.807, 2.05) is 0 Å². The molecule has 2 saturated carbocycles. The third-order valence-electron chi connectivity index (χ3n) is 3.66. The van der Waals surface area contributed by atoms with E-state index in [1.54, 1.807) is 0 Å². The fourth-order valence-corrected chi connectivity index (χ4v) is 3.68. The second-order valence-corrected chi connectivity index (χ2v) is 5.68. The highest BCUT2D eigenvalue weighted by Gasteiger charge is 2.37. The van der Waals surface area contributed by atoms with Crippen LogP contribution < -0.4 is 5.32 Å². The molecule has 0 saturated heterocycles. The average Bonchev–Trinajstić information content (AvgIpc) is 2.46. The maximum atomic E-state index is 3.75. The van der Waals surface area contributed by atoms with Crippen molar-refractivity contribution in [2.24, 2.45) is 11.8 Å². The van der Waals surface area contributed by atoms with E-state index in [4.69, 9.17) is 0 Å². The molecule has 2 fully saturated rings. The topological polar surface area (TPSA) is 12.0 Å². The minimum atomic E-state index is 0.814. The largest absolute Gasteiger partial charge is 0.317 e. The summed E-state index contributed by atoms with van der Waals surface area (Å²) in [6, 6.07) is 0.817. The summed E-state index contributed by atoms with van der Waals surface area (Å²) >= 11 is 3.75. The van der Waals surface area contributed by atoms with Gasteiger partial charge in [-0.2, -0.15) is 0 Å². The average molecular weight is 232 g/mol. The molecule has 2 aliphatic carbocycles.